The molecule has 0 spiro atoms. The third-order valence-corrected chi connectivity index (χ3v) is 2.66. The molecular formula is C13H20ClNO2. The lowest BCUT2D eigenvalue weighted by Gasteiger charge is -2.07. The molecule has 0 aliphatic carbocycles. The molecule has 17 heavy (non-hydrogen) atoms. The molecule has 0 atom stereocenters. The number of phenols is 1. The summed E-state index contributed by atoms with van der Waals surface area (Å²) < 4.78 is 5.41. The molecule has 0 saturated heterocycles. The molecule has 1 aromatic rings. The van der Waals surface area contributed by atoms with E-state index in [4.69, 9.17) is 16.3 Å². The van der Waals surface area contributed by atoms with E-state index in [1.165, 1.54) is 0 Å². The zero-order valence-electron chi connectivity index (χ0n) is 10.2. The van der Waals surface area contributed by atoms with Crippen molar-refractivity contribution in [2.24, 2.45) is 0 Å². The van der Waals surface area contributed by atoms with Crippen molar-refractivity contribution in [3.63, 3.8) is 0 Å². The SMILES string of the molecule is CCCCOCCNCc1cc(Cl)ccc1O. The second-order valence-electron chi connectivity index (χ2n) is 3.92. The zero-order chi connectivity index (χ0) is 12.5. The van der Waals surface area contributed by atoms with Gasteiger partial charge in [-0.1, -0.05) is 24.9 Å². The molecule has 0 bridgehead atoms. The van der Waals surface area contributed by atoms with E-state index in [1.807, 2.05) is 0 Å². The summed E-state index contributed by atoms with van der Waals surface area (Å²) in [4.78, 5) is 0. The molecule has 1 rings (SSSR count). The number of phenolic OH excluding ortho intramolecular Hbond substituents is 1. The van der Waals surface area contributed by atoms with Gasteiger partial charge in [-0.3, -0.25) is 0 Å². The van der Waals surface area contributed by atoms with Crippen LogP contribution in [0.4, 0.5) is 0 Å². The topological polar surface area (TPSA) is 41.5 Å². The number of aromatic hydroxyl groups is 1. The van der Waals surface area contributed by atoms with Crippen LogP contribution < -0.4 is 5.32 Å². The molecule has 3 nitrogen and oxygen atoms in total. The number of halogens is 1. The van der Waals surface area contributed by atoms with Gasteiger partial charge in [0.15, 0.2) is 0 Å². The van der Waals surface area contributed by atoms with Gasteiger partial charge in [0.2, 0.25) is 0 Å². The molecule has 4 heteroatoms. The standard InChI is InChI=1S/C13H20ClNO2/c1-2-3-7-17-8-6-15-10-11-9-12(14)4-5-13(11)16/h4-5,9,15-16H,2-3,6-8,10H2,1H3. The number of benzene rings is 1. The van der Waals surface area contributed by atoms with Crippen LogP contribution in [0.1, 0.15) is 25.3 Å². The van der Waals surface area contributed by atoms with E-state index in [-0.39, 0.29) is 5.75 Å². The van der Waals surface area contributed by atoms with Crippen molar-refractivity contribution in [2.75, 3.05) is 19.8 Å². The Hall–Kier alpha value is -0.770. The zero-order valence-corrected chi connectivity index (χ0v) is 11.0. The molecule has 0 radical (unpaired) electrons. The van der Waals surface area contributed by atoms with Crippen molar-refractivity contribution < 1.29 is 9.84 Å². The van der Waals surface area contributed by atoms with Crippen molar-refractivity contribution in [1.82, 2.24) is 5.32 Å². The second-order valence-corrected chi connectivity index (χ2v) is 4.35. The average molecular weight is 258 g/mol. The highest BCUT2D eigenvalue weighted by Gasteiger charge is 2.01. The normalized spacial score (nSPS) is 10.7. The van der Waals surface area contributed by atoms with Gasteiger partial charge >= 0.3 is 0 Å². The van der Waals surface area contributed by atoms with Crippen LogP contribution in [-0.4, -0.2) is 24.9 Å². The Morgan fingerprint density at radius 3 is 2.94 bits per heavy atom. The predicted octanol–water partition coefficient (Wildman–Crippen LogP) is 2.95. The van der Waals surface area contributed by atoms with Crippen molar-refractivity contribution in [1.29, 1.82) is 0 Å². The largest absolute Gasteiger partial charge is 0.508 e. The number of ether oxygens (including phenoxy) is 1. The minimum absolute atomic E-state index is 0.272. The molecule has 0 aliphatic heterocycles. The van der Waals surface area contributed by atoms with E-state index < -0.39 is 0 Å². The first-order valence-electron chi connectivity index (χ1n) is 6.00. The van der Waals surface area contributed by atoms with Crippen molar-refractivity contribution in [2.45, 2.75) is 26.3 Å². The van der Waals surface area contributed by atoms with Crippen LogP contribution in [0.5, 0.6) is 5.75 Å². The molecule has 0 aliphatic rings. The molecule has 0 saturated carbocycles. The van der Waals surface area contributed by atoms with Crippen molar-refractivity contribution >= 4 is 11.6 Å². The molecule has 0 aromatic heterocycles. The fraction of sp³-hybridized carbons (Fsp3) is 0.538. The molecule has 2 N–H and O–H groups in total. The van der Waals surface area contributed by atoms with Gasteiger partial charge in [0.05, 0.1) is 6.61 Å². The van der Waals surface area contributed by atoms with E-state index in [0.29, 0.717) is 18.2 Å². The van der Waals surface area contributed by atoms with Crippen molar-refractivity contribution in [3.05, 3.63) is 28.8 Å². The maximum absolute atomic E-state index is 9.58. The Balaban J connectivity index is 2.15. The van der Waals surface area contributed by atoms with Crippen LogP contribution in [0.2, 0.25) is 5.02 Å². The first kappa shape index (κ1) is 14.3. The second kappa shape index (κ2) is 8.34. The third kappa shape index (κ3) is 5.91. The Kier molecular flexibility index (Phi) is 7.01. The quantitative estimate of drug-likeness (QED) is 0.704. The van der Waals surface area contributed by atoms with Crippen molar-refractivity contribution in [3.8, 4) is 5.75 Å². The van der Waals surface area contributed by atoms with E-state index in [1.54, 1.807) is 18.2 Å². The van der Waals surface area contributed by atoms with Gasteiger partial charge in [-0.2, -0.15) is 0 Å². The third-order valence-electron chi connectivity index (χ3n) is 2.42. The lowest BCUT2D eigenvalue weighted by atomic mass is 10.2. The lowest BCUT2D eigenvalue weighted by Crippen LogP contribution is -2.19. The minimum atomic E-state index is 0.272. The molecule has 96 valence electrons. The van der Waals surface area contributed by atoms with Crippen LogP contribution in [0.3, 0.4) is 0 Å². The molecular weight excluding hydrogens is 238 g/mol. The minimum Gasteiger partial charge on any atom is -0.508 e. The smallest absolute Gasteiger partial charge is 0.120 e. The summed E-state index contributed by atoms with van der Waals surface area (Å²) in [6, 6.07) is 5.05. The maximum Gasteiger partial charge on any atom is 0.120 e. The summed E-state index contributed by atoms with van der Waals surface area (Å²) >= 11 is 5.85. The molecule has 0 fully saturated rings. The lowest BCUT2D eigenvalue weighted by molar-refractivity contribution is 0.133. The van der Waals surface area contributed by atoms with Gasteiger partial charge in [0.1, 0.15) is 5.75 Å². The average Bonchev–Trinajstić information content (AvgIpc) is 2.32. The first-order valence-corrected chi connectivity index (χ1v) is 6.37. The van der Waals surface area contributed by atoms with Gasteiger partial charge in [0.25, 0.3) is 0 Å². The summed E-state index contributed by atoms with van der Waals surface area (Å²) in [5.41, 5.74) is 0.811. The summed E-state index contributed by atoms with van der Waals surface area (Å²) in [5, 5.41) is 13.4. The maximum atomic E-state index is 9.58. The highest BCUT2D eigenvalue weighted by molar-refractivity contribution is 6.30. The Morgan fingerprint density at radius 1 is 1.35 bits per heavy atom. The molecule has 1 aromatic carbocycles. The molecule has 0 unspecified atom stereocenters. The first-order chi connectivity index (χ1) is 8.24. The Labute approximate surface area is 108 Å². The van der Waals surface area contributed by atoms with E-state index >= 15 is 0 Å². The van der Waals surface area contributed by atoms with E-state index in [0.717, 1.165) is 31.6 Å². The summed E-state index contributed by atoms with van der Waals surface area (Å²) in [7, 11) is 0. The van der Waals surface area contributed by atoms with Gasteiger partial charge in [-0.05, 0) is 24.6 Å². The van der Waals surface area contributed by atoms with Crippen LogP contribution in [0, 0.1) is 0 Å². The fourth-order valence-corrected chi connectivity index (χ4v) is 1.61. The molecule has 0 heterocycles. The van der Waals surface area contributed by atoms with Gasteiger partial charge in [-0.15, -0.1) is 0 Å². The summed E-state index contributed by atoms with van der Waals surface area (Å²) in [5.74, 6) is 0.272. The number of hydrogen-bond donors (Lipinski definition) is 2. The predicted molar refractivity (Wildman–Crippen MR) is 70.6 cm³/mol. The van der Waals surface area contributed by atoms with Crippen LogP contribution in [-0.2, 0) is 11.3 Å². The summed E-state index contributed by atoms with van der Waals surface area (Å²) in [6.45, 7) is 5.03. The van der Waals surface area contributed by atoms with Gasteiger partial charge < -0.3 is 15.2 Å². The Bertz CT molecular complexity index is 331. The van der Waals surface area contributed by atoms with E-state index in [2.05, 4.69) is 12.2 Å². The molecule has 0 amide bonds. The number of nitrogens with one attached hydrogen (secondary N) is 1. The van der Waals surface area contributed by atoms with Crippen LogP contribution >= 0.6 is 11.6 Å². The fourth-order valence-electron chi connectivity index (χ4n) is 1.41. The van der Waals surface area contributed by atoms with E-state index in [9.17, 15) is 5.11 Å². The monoisotopic (exact) mass is 257 g/mol. The highest BCUT2D eigenvalue weighted by Crippen LogP contribution is 2.20. The van der Waals surface area contributed by atoms with Crippen LogP contribution in [0.15, 0.2) is 18.2 Å². The van der Waals surface area contributed by atoms with Gasteiger partial charge in [-0.25, -0.2) is 0 Å². The Morgan fingerprint density at radius 2 is 2.18 bits per heavy atom. The number of rotatable bonds is 8. The summed E-state index contributed by atoms with van der Waals surface area (Å²) in [6.07, 6.45) is 2.26. The highest BCUT2D eigenvalue weighted by atomic mass is 35.5. The number of unbranched alkanes of at least 4 members (excludes halogenated alkanes) is 1. The number of hydrogen-bond acceptors (Lipinski definition) is 3. The van der Waals surface area contributed by atoms with Gasteiger partial charge in [0, 0.05) is 30.3 Å². The van der Waals surface area contributed by atoms with Crippen LogP contribution in [0.25, 0.3) is 0 Å².